The fourth-order valence-corrected chi connectivity index (χ4v) is 2.29. The molecular formula is C13H16N4. The van der Waals surface area contributed by atoms with E-state index in [2.05, 4.69) is 52.4 Å². The van der Waals surface area contributed by atoms with Gasteiger partial charge in [-0.2, -0.15) is 15.4 Å². The van der Waals surface area contributed by atoms with E-state index in [1.165, 1.54) is 11.1 Å². The number of hydrogen-bond acceptors (Lipinski definition) is 3. The highest BCUT2D eigenvalue weighted by Gasteiger charge is 2.21. The predicted molar refractivity (Wildman–Crippen MR) is 66.2 cm³/mol. The van der Waals surface area contributed by atoms with Gasteiger partial charge >= 0.3 is 0 Å². The second-order valence-corrected chi connectivity index (χ2v) is 4.84. The molecule has 1 aliphatic rings. The van der Waals surface area contributed by atoms with Crippen LogP contribution in [0.3, 0.4) is 0 Å². The summed E-state index contributed by atoms with van der Waals surface area (Å²) in [6.45, 7) is 6.58. The zero-order valence-corrected chi connectivity index (χ0v) is 10.1. The number of hydrogen-bond donors (Lipinski definition) is 1. The molecule has 0 saturated carbocycles. The van der Waals surface area contributed by atoms with Gasteiger partial charge in [-0.1, -0.05) is 12.1 Å². The molecule has 2 heterocycles. The van der Waals surface area contributed by atoms with E-state index in [-0.39, 0.29) is 0 Å². The van der Waals surface area contributed by atoms with Crippen LogP contribution in [0.4, 0.5) is 0 Å². The highest BCUT2D eigenvalue weighted by atomic mass is 15.3. The molecular weight excluding hydrogens is 212 g/mol. The Kier molecular flexibility index (Phi) is 2.44. The van der Waals surface area contributed by atoms with Crippen molar-refractivity contribution in [2.24, 2.45) is 0 Å². The van der Waals surface area contributed by atoms with E-state index in [0.29, 0.717) is 6.04 Å². The van der Waals surface area contributed by atoms with Gasteiger partial charge in [0.15, 0.2) is 0 Å². The highest BCUT2D eigenvalue weighted by molar-refractivity contribution is 5.60. The van der Waals surface area contributed by atoms with Crippen molar-refractivity contribution >= 4 is 0 Å². The Morgan fingerprint density at radius 1 is 1.24 bits per heavy atom. The maximum Gasteiger partial charge on any atom is 0.112 e. The average molecular weight is 228 g/mol. The number of benzene rings is 1. The zero-order chi connectivity index (χ0) is 11.8. The molecule has 0 bridgehead atoms. The van der Waals surface area contributed by atoms with Gasteiger partial charge in [0.05, 0.1) is 6.20 Å². The van der Waals surface area contributed by atoms with Crippen molar-refractivity contribution in [2.45, 2.75) is 33.0 Å². The maximum absolute atomic E-state index is 4.12. The summed E-state index contributed by atoms with van der Waals surface area (Å²) in [4.78, 5) is 2.47. The van der Waals surface area contributed by atoms with E-state index < -0.39 is 0 Å². The van der Waals surface area contributed by atoms with Crippen LogP contribution in [0.15, 0.2) is 24.4 Å². The number of nitrogens with zero attached hydrogens (tertiary/aromatic N) is 3. The summed E-state index contributed by atoms with van der Waals surface area (Å²) in [7, 11) is 0. The van der Waals surface area contributed by atoms with E-state index >= 15 is 0 Å². The molecule has 1 aromatic carbocycles. The van der Waals surface area contributed by atoms with Gasteiger partial charge in [0.2, 0.25) is 0 Å². The fourth-order valence-electron chi connectivity index (χ4n) is 2.29. The van der Waals surface area contributed by atoms with Gasteiger partial charge in [0, 0.05) is 24.7 Å². The van der Waals surface area contributed by atoms with Gasteiger partial charge in [0.25, 0.3) is 0 Å². The molecule has 17 heavy (non-hydrogen) atoms. The molecule has 0 saturated heterocycles. The molecule has 0 radical (unpaired) electrons. The molecule has 0 amide bonds. The topological polar surface area (TPSA) is 44.8 Å². The number of fused-ring (bicyclic) bond motifs is 1. The lowest BCUT2D eigenvalue weighted by molar-refractivity contribution is 0.227. The van der Waals surface area contributed by atoms with Gasteiger partial charge in [-0.15, -0.1) is 0 Å². The summed E-state index contributed by atoms with van der Waals surface area (Å²) in [6.07, 6.45) is 1.76. The van der Waals surface area contributed by atoms with Gasteiger partial charge < -0.3 is 0 Å². The van der Waals surface area contributed by atoms with Crippen molar-refractivity contribution in [1.82, 2.24) is 20.3 Å². The van der Waals surface area contributed by atoms with Crippen LogP contribution in [0.25, 0.3) is 11.3 Å². The molecule has 0 fully saturated rings. The number of H-pyrrole nitrogens is 1. The average Bonchev–Trinajstić information content (AvgIpc) is 2.97. The third kappa shape index (κ3) is 1.85. The first kappa shape index (κ1) is 10.5. The quantitative estimate of drug-likeness (QED) is 0.857. The summed E-state index contributed by atoms with van der Waals surface area (Å²) < 4.78 is 0. The molecule has 0 spiro atoms. The molecule has 0 aliphatic carbocycles. The number of nitrogens with one attached hydrogen (secondary N) is 1. The normalized spacial score (nSPS) is 15.5. The second-order valence-electron chi connectivity index (χ2n) is 4.84. The Balaban J connectivity index is 1.93. The Morgan fingerprint density at radius 3 is 2.76 bits per heavy atom. The van der Waals surface area contributed by atoms with E-state index in [1.54, 1.807) is 6.20 Å². The zero-order valence-electron chi connectivity index (χ0n) is 10.1. The largest absolute Gasteiger partial charge is 0.292 e. The smallest absolute Gasteiger partial charge is 0.112 e. The molecule has 3 rings (SSSR count). The van der Waals surface area contributed by atoms with Gasteiger partial charge in [-0.05, 0) is 31.0 Å². The Bertz CT molecular complexity index is 516. The molecule has 88 valence electrons. The Hall–Kier alpha value is -1.68. The third-order valence-electron chi connectivity index (χ3n) is 3.39. The maximum atomic E-state index is 4.12. The van der Waals surface area contributed by atoms with Crippen molar-refractivity contribution < 1.29 is 0 Å². The lowest BCUT2D eigenvalue weighted by Crippen LogP contribution is -2.24. The van der Waals surface area contributed by atoms with E-state index in [9.17, 15) is 0 Å². The van der Waals surface area contributed by atoms with Crippen LogP contribution in [-0.2, 0) is 13.1 Å². The highest BCUT2D eigenvalue weighted by Crippen LogP contribution is 2.28. The van der Waals surface area contributed by atoms with Gasteiger partial charge in [0.1, 0.15) is 5.69 Å². The van der Waals surface area contributed by atoms with Crippen molar-refractivity contribution in [2.75, 3.05) is 0 Å². The van der Waals surface area contributed by atoms with E-state index in [0.717, 1.165) is 24.3 Å². The first-order valence-corrected chi connectivity index (χ1v) is 5.96. The van der Waals surface area contributed by atoms with Crippen LogP contribution in [0.2, 0.25) is 0 Å². The molecule has 1 aliphatic heterocycles. The first-order chi connectivity index (χ1) is 8.24. The number of aromatic amines is 1. The monoisotopic (exact) mass is 228 g/mol. The van der Waals surface area contributed by atoms with Crippen LogP contribution in [-0.4, -0.2) is 26.4 Å². The van der Waals surface area contributed by atoms with E-state index in [4.69, 9.17) is 0 Å². The van der Waals surface area contributed by atoms with Crippen LogP contribution < -0.4 is 0 Å². The summed E-state index contributed by atoms with van der Waals surface area (Å²) in [5.74, 6) is 0. The van der Waals surface area contributed by atoms with Crippen LogP contribution in [0.1, 0.15) is 25.0 Å². The summed E-state index contributed by atoms with van der Waals surface area (Å²) in [6, 6.07) is 7.16. The van der Waals surface area contributed by atoms with Crippen molar-refractivity contribution in [3.05, 3.63) is 35.5 Å². The van der Waals surface area contributed by atoms with Gasteiger partial charge in [-0.3, -0.25) is 4.90 Å². The molecule has 0 atom stereocenters. The Morgan fingerprint density at radius 2 is 2.06 bits per heavy atom. The summed E-state index contributed by atoms with van der Waals surface area (Å²) in [5.41, 5.74) is 4.91. The van der Waals surface area contributed by atoms with E-state index in [1.807, 2.05) is 0 Å². The SMILES string of the molecule is CC(C)N1Cc2ccc(-c3cn[nH]n3)cc2C1. The minimum absolute atomic E-state index is 0.595. The van der Waals surface area contributed by atoms with Crippen molar-refractivity contribution in [3.63, 3.8) is 0 Å². The second kappa shape index (κ2) is 3.96. The van der Waals surface area contributed by atoms with Crippen molar-refractivity contribution in [3.8, 4) is 11.3 Å². The summed E-state index contributed by atoms with van der Waals surface area (Å²) >= 11 is 0. The molecule has 0 unspecified atom stereocenters. The van der Waals surface area contributed by atoms with Crippen LogP contribution in [0, 0.1) is 0 Å². The number of aromatic nitrogens is 3. The van der Waals surface area contributed by atoms with Crippen LogP contribution >= 0.6 is 0 Å². The minimum atomic E-state index is 0.595. The standard InChI is InChI=1S/C13H16N4/c1-9(2)17-7-11-4-3-10(5-12(11)8-17)13-6-14-16-15-13/h3-6,9H,7-8H2,1-2H3,(H,14,15,16). The fraction of sp³-hybridized carbons (Fsp3) is 0.385. The van der Waals surface area contributed by atoms with Crippen LogP contribution in [0.5, 0.6) is 0 Å². The number of rotatable bonds is 2. The third-order valence-corrected chi connectivity index (χ3v) is 3.39. The molecule has 2 aromatic rings. The molecule has 4 nitrogen and oxygen atoms in total. The van der Waals surface area contributed by atoms with Gasteiger partial charge in [-0.25, -0.2) is 0 Å². The Labute approximate surface area is 101 Å². The first-order valence-electron chi connectivity index (χ1n) is 5.96. The molecule has 1 aromatic heterocycles. The predicted octanol–water partition coefficient (Wildman–Crippen LogP) is 2.20. The minimum Gasteiger partial charge on any atom is -0.292 e. The lowest BCUT2D eigenvalue weighted by atomic mass is 10.1. The molecule has 1 N–H and O–H groups in total. The molecule has 4 heteroatoms. The summed E-state index contributed by atoms with van der Waals surface area (Å²) in [5, 5.41) is 10.6. The lowest BCUT2D eigenvalue weighted by Gasteiger charge is -2.18. The van der Waals surface area contributed by atoms with Crippen molar-refractivity contribution in [1.29, 1.82) is 0 Å².